The fourth-order valence-corrected chi connectivity index (χ4v) is 2.69. The summed E-state index contributed by atoms with van der Waals surface area (Å²) < 4.78 is 1.70. The monoisotopic (exact) mass is 308 g/mol. The Balaban J connectivity index is 2.29. The maximum absolute atomic E-state index is 9.36. The molecule has 0 aliphatic rings. The quantitative estimate of drug-likeness (QED) is 0.717. The van der Waals surface area contributed by atoms with Gasteiger partial charge in [-0.25, -0.2) is 4.68 Å². The van der Waals surface area contributed by atoms with Crippen LogP contribution < -0.4 is 0 Å². The maximum atomic E-state index is 9.36. The minimum absolute atomic E-state index is 0.309. The molecule has 0 aliphatic heterocycles. The first-order chi connectivity index (χ1) is 10.6. The molecule has 0 amide bonds. The predicted molar refractivity (Wildman–Crippen MR) is 86.0 cm³/mol. The zero-order chi connectivity index (χ0) is 15.7. The van der Waals surface area contributed by atoms with Crippen LogP contribution in [0.4, 0.5) is 0 Å². The fourth-order valence-electron chi connectivity index (χ4n) is 2.46. The van der Waals surface area contributed by atoms with Crippen molar-refractivity contribution in [2.24, 2.45) is 0 Å². The lowest BCUT2D eigenvalue weighted by molar-refractivity contribution is 0.802. The Hall–Kier alpha value is -2.64. The Kier molecular flexibility index (Phi) is 3.66. The van der Waals surface area contributed by atoms with Crippen LogP contribution in [0.2, 0.25) is 5.02 Å². The topological polar surface area (TPSA) is 54.5 Å². The molecule has 0 radical (unpaired) electrons. The Morgan fingerprint density at radius 3 is 2.55 bits per heavy atom. The molecule has 108 valence electrons. The van der Waals surface area contributed by atoms with Gasteiger partial charge in [-0.3, -0.25) is 0 Å². The van der Waals surface area contributed by atoms with Crippen LogP contribution in [0.5, 0.6) is 0 Å². The van der Waals surface area contributed by atoms with Crippen molar-refractivity contribution in [1.82, 2.24) is 15.0 Å². The standard InChI is InChI=1S/C17H13ClN4/c1-11-5-3-4-6-14(11)17-15(10-19)20-21-22(17)16-8-7-13(18)9-12(16)2/h3-9H,1-2H3. The molecule has 0 unspecified atom stereocenters. The number of aromatic nitrogens is 3. The summed E-state index contributed by atoms with van der Waals surface area (Å²) in [5.74, 6) is 0. The van der Waals surface area contributed by atoms with Crippen LogP contribution in [0.1, 0.15) is 16.8 Å². The third kappa shape index (κ3) is 2.36. The Morgan fingerprint density at radius 1 is 1.09 bits per heavy atom. The zero-order valence-electron chi connectivity index (χ0n) is 12.2. The lowest BCUT2D eigenvalue weighted by atomic mass is 10.0. The average molecular weight is 309 g/mol. The highest BCUT2D eigenvalue weighted by atomic mass is 35.5. The van der Waals surface area contributed by atoms with Crippen LogP contribution >= 0.6 is 11.6 Å². The molecule has 3 rings (SSSR count). The molecule has 0 aliphatic carbocycles. The molecule has 22 heavy (non-hydrogen) atoms. The van der Waals surface area contributed by atoms with Gasteiger partial charge in [0.25, 0.3) is 0 Å². The molecule has 0 atom stereocenters. The van der Waals surface area contributed by atoms with Gasteiger partial charge in [-0.1, -0.05) is 41.1 Å². The van der Waals surface area contributed by atoms with Crippen LogP contribution in [0.25, 0.3) is 16.9 Å². The van der Waals surface area contributed by atoms with E-state index < -0.39 is 0 Å². The lowest BCUT2D eigenvalue weighted by Gasteiger charge is -2.11. The molecule has 0 saturated carbocycles. The summed E-state index contributed by atoms with van der Waals surface area (Å²) in [7, 11) is 0. The van der Waals surface area contributed by atoms with Gasteiger partial charge in [-0.2, -0.15) is 5.26 Å². The molecule has 0 N–H and O–H groups in total. The summed E-state index contributed by atoms with van der Waals surface area (Å²) in [6.45, 7) is 3.96. The van der Waals surface area contributed by atoms with Crippen molar-refractivity contribution >= 4 is 11.6 Å². The molecule has 5 heteroatoms. The number of benzene rings is 2. The van der Waals surface area contributed by atoms with Crippen molar-refractivity contribution in [3.63, 3.8) is 0 Å². The summed E-state index contributed by atoms with van der Waals surface area (Å²) in [6, 6.07) is 15.6. The molecule has 2 aromatic carbocycles. The minimum Gasteiger partial charge on any atom is -0.211 e. The molecule has 0 saturated heterocycles. The van der Waals surface area contributed by atoms with E-state index in [0.717, 1.165) is 22.4 Å². The number of hydrogen-bond donors (Lipinski definition) is 0. The number of halogens is 1. The lowest BCUT2D eigenvalue weighted by Crippen LogP contribution is -2.02. The second kappa shape index (κ2) is 5.63. The van der Waals surface area contributed by atoms with Crippen molar-refractivity contribution in [1.29, 1.82) is 5.26 Å². The summed E-state index contributed by atoms with van der Waals surface area (Å²) in [6.07, 6.45) is 0. The molecule has 0 bridgehead atoms. The van der Waals surface area contributed by atoms with Gasteiger partial charge < -0.3 is 0 Å². The molecular formula is C17H13ClN4. The summed E-state index contributed by atoms with van der Waals surface area (Å²) in [4.78, 5) is 0. The Morgan fingerprint density at radius 2 is 1.86 bits per heavy atom. The second-order valence-corrected chi connectivity index (χ2v) is 5.49. The smallest absolute Gasteiger partial charge is 0.191 e. The van der Waals surface area contributed by atoms with Gasteiger partial charge >= 0.3 is 0 Å². The van der Waals surface area contributed by atoms with Crippen molar-refractivity contribution in [2.45, 2.75) is 13.8 Å². The highest BCUT2D eigenvalue weighted by Gasteiger charge is 2.18. The van der Waals surface area contributed by atoms with Crippen LogP contribution in [0, 0.1) is 25.2 Å². The Bertz CT molecular complexity index is 890. The molecule has 0 spiro atoms. The van der Waals surface area contributed by atoms with E-state index in [1.807, 2.05) is 50.2 Å². The summed E-state index contributed by atoms with van der Waals surface area (Å²) in [5.41, 5.74) is 4.84. The number of aryl methyl sites for hydroxylation is 2. The molecular weight excluding hydrogens is 296 g/mol. The molecule has 4 nitrogen and oxygen atoms in total. The summed E-state index contributed by atoms with van der Waals surface area (Å²) in [5, 5.41) is 18.2. The summed E-state index contributed by atoms with van der Waals surface area (Å²) >= 11 is 6.02. The first-order valence-electron chi connectivity index (χ1n) is 6.80. The fraction of sp³-hybridized carbons (Fsp3) is 0.118. The van der Waals surface area contributed by atoms with Crippen molar-refractivity contribution in [3.8, 4) is 23.0 Å². The molecule has 3 aromatic rings. The average Bonchev–Trinajstić information content (AvgIpc) is 2.91. The van der Waals surface area contributed by atoms with E-state index in [4.69, 9.17) is 11.6 Å². The van der Waals surface area contributed by atoms with Crippen LogP contribution in [-0.2, 0) is 0 Å². The van der Waals surface area contributed by atoms with Crippen LogP contribution in [-0.4, -0.2) is 15.0 Å². The molecule has 1 heterocycles. The number of hydrogen-bond acceptors (Lipinski definition) is 3. The zero-order valence-corrected chi connectivity index (χ0v) is 13.0. The highest BCUT2D eigenvalue weighted by molar-refractivity contribution is 6.30. The number of rotatable bonds is 2. The van der Waals surface area contributed by atoms with Gasteiger partial charge in [-0.05, 0) is 43.2 Å². The molecule has 0 fully saturated rings. The highest BCUT2D eigenvalue weighted by Crippen LogP contribution is 2.29. The van der Waals surface area contributed by atoms with Crippen molar-refractivity contribution < 1.29 is 0 Å². The van der Waals surface area contributed by atoms with Gasteiger partial charge in [0.1, 0.15) is 11.8 Å². The largest absolute Gasteiger partial charge is 0.211 e. The predicted octanol–water partition coefficient (Wildman–Crippen LogP) is 4.08. The van der Waals surface area contributed by atoms with E-state index in [1.54, 1.807) is 10.7 Å². The number of nitriles is 1. The van der Waals surface area contributed by atoms with Gasteiger partial charge in [0.15, 0.2) is 5.69 Å². The minimum atomic E-state index is 0.309. The third-order valence-electron chi connectivity index (χ3n) is 3.56. The normalized spacial score (nSPS) is 10.5. The second-order valence-electron chi connectivity index (χ2n) is 5.06. The Labute approximate surface area is 133 Å². The first-order valence-corrected chi connectivity index (χ1v) is 7.18. The van der Waals surface area contributed by atoms with Gasteiger partial charge in [-0.15, -0.1) is 5.10 Å². The number of nitrogens with zero attached hydrogens (tertiary/aromatic N) is 4. The van der Waals surface area contributed by atoms with Gasteiger partial charge in [0, 0.05) is 10.6 Å². The van der Waals surface area contributed by atoms with E-state index in [9.17, 15) is 5.26 Å². The van der Waals surface area contributed by atoms with Crippen molar-refractivity contribution in [2.75, 3.05) is 0 Å². The van der Waals surface area contributed by atoms with E-state index in [-0.39, 0.29) is 0 Å². The van der Waals surface area contributed by atoms with E-state index in [0.29, 0.717) is 16.4 Å². The first kappa shape index (κ1) is 14.3. The maximum Gasteiger partial charge on any atom is 0.191 e. The van der Waals surface area contributed by atoms with E-state index >= 15 is 0 Å². The van der Waals surface area contributed by atoms with Crippen LogP contribution in [0.15, 0.2) is 42.5 Å². The van der Waals surface area contributed by atoms with Crippen LogP contribution in [0.3, 0.4) is 0 Å². The van der Waals surface area contributed by atoms with Crippen molar-refractivity contribution in [3.05, 3.63) is 64.3 Å². The third-order valence-corrected chi connectivity index (χ3v) is 3.80. The van der Waals surface area contributed by atoms with E-state index in [1.165, 1.54) is 0 Å². The molecule has 1 aromatic heterocycles. The van der Waals surface area contributed by atoms with Gasteiger partial charge in [0.2, 0.25) is 0 Å². The van der Waals surface area contributed by atoms with E-state index in [2.05, 4.69) is 16.4 Å². The SMILES string of the molecule is Cc1ccccc1-c1c(C#N)nnn1-c1ccc(Cl)cc1C. The van der Waals surface area contributed by atoms with Gasteiger partial charge in [0.05, 0.1) is 5.69 Å².